The molecule has 8 aromatic carbocycles. The largest absolute Gasteiger partial charge is 0.456 e. The molecule has 11 aromatic rings. The van der Waals surface area contributed by atoms with Crippen LogP contribution in [0.3, 0.4) is 0 Å². The SMILES string of the molecule is c1ccc(C2NC(c3ccccc3)NC(c3ccc(-n4c5cc6c7ccccc7n(-c7ccccc7)c6cc5c5ccc6oc7ccccc7c6c54)cc3)N2)cc1. The van der Waals surface area contributed by atoms with E-state index in [1.165, 1.54) is 43.7 Å². The first-order valence-corrected chi connectivity index (χ1v) is 19.6. The summed E-state index contributed by atoms with van der Waals surface area (Å²) in [4.78, 5) is 0. The van der Waals surface area contributed by atoms with Crippen LogP contribution in [0, 0.1) is 0 Å². The smallest absolute Gasteiger partial charge is 0.137 e. The Morgan fingerprint density at radius 1 is 0.351 bits per heavy atom. The predicted molar refractivity (Wildman–Crippen MR) is 233 cm³/mol. The Hall–Kier alpha value is -6.96. The maximum absolute atomic E-state index is 6.50. The number of hydrogen-bond donors (Lipinski definition) is 3. The lowest BCUT2D eigenvalue weighted by molar-refractivity contribution is 0.203. The van der Waals surface area contributed by atoms with Gasteiger partial charge in [0.05, 0.1) is 46.0 Å². The van der Waals surface area contributed by atoms with E-state index in [1.807, 2.05) is 6.07 Å². The molecule has 0 amide bonds. The number of fused-ring (bicyclic) bond motifs is 10. The van der Waals surface area contributed by atoms with Crippen molar-refractivity contribution in [3.8, 4) is 11.4 Å². The van der Waals surface area contributed by atoms with Crippen LogP contribution in [0.15, 0.2) is 192 Å². The molecule has 2 unspecified atom stereocenters. The summed E-state index contributed by atoms with van der Waals surface area (Å²) in [6.07, 6.45) is -0.173. The molecule has 1 aliphatic heterocycles. The molecular weight excluding hydrogens is 699 g/mol. The number of para-hydroxylation sites is 3. The lowest BCUT2D eigenvalue weighted by Crippen LogP contribution is -2.54. The van der Waals surface area contributed by atoms with Crippen molar-refractivity contribution in [3.05, 3.63) is 205 Å². The monoisotopic (exact) mass is 735 g/mol. The van der Waals surface area contributed by atoms with Gasteiger partial charge in [-0.15, -0.1) is 0 Å². The van der Waals surface area contributed by atoms with E-state index in [0.717, 1.165) is 49.9 Å². The van der Waals surface area contributed by atoms with Crippen molar-refractivity contribution in [3.63, 3.8) is 0 Å². The molecule has 1 aliphatic rings. The molecule has 0 bridgehead atoms. The second kappa shape index (κ2) is 12.8. The normalized spacial score (nSPS) is 17.4. The molecule has 0 saturated carbocycles. The Bertz CT molecular complexity index is 3230. The van der Waals surface area contributed by atoms with E-state index in [2.05, 4.69) is 207 Å². The highest BCUT2D eigenvalue weighted by molar-refractivity contribution is 6.26. The summed E-state index contributed by atoms with van der Waals surface area (Å²) in [5, 5.41) is 18.6. The van der Waals surface area contributed by atoms with Crippen LogP contribution in [-0.4, -0.2) is 9.13 Å². The fraction of sp³-hybridized carbons (Fsp3) is 0.0588. The summed E-state index contributed by atoms with van der Waals surface area (Å²) in [7, 11) is 0. The van der Waals surface area contributed by atoms with Gasteiger partial charge in [0, 0.05) is 38.3 Å². The second-order valence-corrected chi connectivity index (χ2v) is 15.1. The molecule has 12 rings (SSSR count). The average molecular weight is 736 g/mol. The molecule has 1 fully saturated rings. The average Bonchev–Trinajstić information content (AvgIpc) is 3.93. The van der Waals surface area contributed by atoms with Crippen LogP contribution in [-0.2, 0) is 0 Å². The molecule has 1 saturated heterocycles. The Kier molecular flexibility index (Phi) is 7.25. The zero-order chi connectivity index (χ0) is 37.5. The highest BCUT2D eigenvalue weighted by atomic mass is 16.3. The number of aromatic nitrogens is 2. The molecule has 3 N–H and O–H groups in total. The first kappa shape index (κ1) is 32.3. The number of benzene rings is 8. The van der Waals surface area contributed by atoms with E-state index in [-0.39, 0.29) is 18.5 Å². The molecule has 0 spiro atoms. The minimum absolute atomic E-state index is 0.0391. The van der Waals surface area contributed by atoms with Crippen molar-refractivity contribution in [1.29, 1.82) is 0 Å². The third-order valence-corrected chi connectivity index (χ3v) is 11.8. The number of rotatable bonds is 5. The summed E-state index contributed by atoms with van der Waals surface area (Å²) in [6.45, 7) is 0. The number of hydrogen-bond acceptors (Lipinski definition) is 4. The van der Waals surface area contributed by atoms with Crippen LogP contribution in [0.5, 0.6) is 0 Å². The van der Waals surface area contributed by atoms with E-state index < -0.39 is 0 Å². The lowest BCUT2D eigenvalue weighted by atomic mass is 10.0. The molecule has 6 heteroatoms. The van der Waals surface area contributed by atoms with Crippen molar-refractivity contribution >= 4 is 65.6 Å². The van der Waals surface area contributed by atoms with Gasteiger partial charge >= 0.3 is 0 Å². The van der Waals surface area contributed by atoms with E-state index in [4.69, 9.17) is 4.42 Å². The lowest BCUT2D eigenvalue weighted by Gasteiger charge is -2.39. The zero-order valence-corrected chi connectivity index (χ0v) is 30.9. The Labute approximate surface area is 328 Å². The Morgan fingerprint density at radius 3 is 1.53 bits per heavy atom. The molecule has 0 radical (unpaired) electrons. The third-order valence-electron chi connectivity index (χ3n) is 11.8. The predicted octanol–water partition coefficient (Wildman–Crippen LogP) is 12.0. The topological polar surface area (TPSA) is 59.1 Å². The van der Waals surface area contributed by atoms with Crippen LogP contribution in [0.1, 0.15) is 35.2 Å². The molecule has 6 nitrogen and oxygen atoms in total. The molecular formula is C51H37N5O. The van der Waals surface area contributed by atoms with Crippen LogP contribution < -0.4 is 16.0 Å². The van der Waals surface area contributed by atoms with Crippen molar-refractivity contribution < 1.29 is 4.42 Å². The molecule has 57 heavy (non-hydrogen) atoms. The molecule has 0 aliphatic carbocycles. The van der Waals surface area contributed by atoms with Gasteiger partial charge in [0.2, 0.25) is 0 Å². The van der Waals surface area contributed by atoms with Gasteiger partial charge in [-0.05, 0) is 77.4 Å². The maximum Gasteiger partial charge on any atom is 0.137 e. The summed E-state index contributed by atoms with van der Waals surface area (Å²) >= 11 is 0. The van der Waals surface area contributed by atoms with Gasteiger partial charge in [-0.2, -0.15) is 0 Å². The van der Waals surface area contributed by atoms with Crippen molar-refractivity contribution in [1.82, 2.24) is 25.1 Å². The molecule has 3 aromatic heterocycles. The van der Waals surface area contributed by atoms with Gasteiger partial charge in [0.25, 0.3) is 0 Å². The highest BCUT2D eigenvalue weighted by Crippen LogP contribution is 2.44. The minimum Gasteiger partial charge on any atom is -0.456 e. The van der Waals surface area contributed by atoms with Gasteiger partial charge < -0.3 is 13.6 Å². The summed E-state index contributed by atoms with van der Waals surface area (Å²) in [5.41, 5.74) is 12.3. The fourth-order valence-corrected chi connectivity index (χ4v) is 9.23. The zero-order valence-electron chi connectivity index (χ0n) is 30.9. The van der Waals surface area contributed by atoms with E-state index in [0.29, 0.717) is 0 Å². The number of furan rings is 1. The van der Waals surface area contributed by atoms with Gasteiger partial charge in [-0.1, -0.05) is 127 Å². The maximum atomic E-state index is 6.50. The first-order valence-electron chi connectivity index (χ1n) is 19.6. The standard InChI is InChI=1S/C51H37N5O/c1-4-14-32(15-5-1)49-52-50(33-16-6-2-7-17-33)54-51(53-49)34-24-26-36(27-25-34)56-44-30-40-37-20-10-12-22-42(37)55(35-18-8-3-9-19-35)43(40)31-41(44)38-28-29-46-47(48(38)56)39-21-11-13-23-45(39)57-46/h1-31,49-54H. The summed E-state index contributed by atoms with van der Waals surface area (Å²) in [6, 6.07) is 67.3. The quantitative estimate of drug-likeness (QED) is 0.165. The number of nitrogens with one attached hydrogen (secondary N) is 3. The fourth-order valence-electron chi connectivity index (χ4n) is 9.23. The van der Waals surface area contributed by atoms with E-state index >= 15 is 0 Å². The molecule has 4 heterocycles. The van der Waals surface area contributed by atoms with Crippen molar-refractivity contribution in [2.45, 2.75) is 18.5 Å². The summed E-state index contributed by atoms with van der Waals surface area (Å²) in [5.74, 6) is 0. The van der Waals surface area contributed by atoms with Crippen LogP contribution in [0.4, 0.5) is 0 Å². The van der Waals surface area contributed by atoms with Crippen LogP contribution in [0.2, 0.25) is 0 Å². The molecule has 272 valence electrons. The second-order valence-electron chi connectivity index (χ2n) is 15.1. The van der Waals surface area contributed by atoms with Gasteiger partial charge in [-0.25, -0.2) is 0 Å². The minimum atomic E-state index is -0.0953. The van der Waals surface area contributed by atoms with E-state index in [9.17, 15) is 0 Å². The molecule has 2 atom stereocenters. The Balaban J connectivity index is 1.07. The van der Waals surface area contributed by atoms with E-state index in [1.54, 1.807) is 0 Å². The first-order chi connectivity index (χ1) is 28.3. The van der Waals surface area contributed by atoms with Gasteiger partial charge in [-0.3, -0.25) is 16.0 Å². The van der Waals surface area contributed by atoms with Crippen LogP contribution in [0.25, 0.3) is 76.9 Å². The van der Waals surface area contributed by atoms with Gasteiger partial charge in [0.15, 0.2) is 0 Å². The van der Waals surface area contributed by atoms with Crippen molar-refractivity contribution in [2.75, 3.05) is 0 Å². The van der Waals surface area contributed by atoms with Crippen LogP contribution >= 0.6 is 0 Å². The van der Waals surface area contributed by atoms with Gasteiger partial charge in [0.1, 0.15) is 11.2 Å². The third kappa shape index (κ3) is 5.09. The highest BCUT2D eigenvalue weighted by Gasteiger charge is 2.30. The summed E-state index contributed by atoms with van der Waals surface area (Å²) < 4.78 is 11.4. The van der Waals surface area contributed by atoms with Crippen molar-refractivity contribution in [2.24, 2.45) is 0 Å². The number of nitrogens with zero attached hydrogens (tertiary/aromatic N) is 2. The Morgan fingerprint density at radius 2 is 0.860 bits per heavy atom.